The average molecular weight is 143 g/mol. The molecule has 0 spiro atoms. The van der Waals surface area contributed by atoms with Crippen LogP contribution in [0.15, 0.2) is 12.2 Å². The van der Waals surface area contributed by atoms with E-state index in [0.717, 1.165) is 6.42 Å². The molecule has 0 rings (SSSR count). The van der Waals surface area contributed by atoms with E-state index in [4.69, 9.17) is 10.8 Å². The van der Waals surface area contributed by atoms with E-state index < -0.39 is 0 Å². The Hall–Kier alpha value is -0.340. The Kier molecular flexibility index (Phi) is 5.26. The average Bonchev–Trinajstić information content (AvgIpc) is 1.98. The van der Waals surface area contributed by atoms with E-state index >= 15 is 0 Å². The molecular formula is C8H17NO. The molecule has 60 valence electrons. The lowest BCUT2D eigenvalue weighted by Gasteiger charge is -2.12. The summed E-state index contributed by atoms with van der Waals surface area (Å²) in [4.78, 5) is 0. The topological polar surface area (TPSA) is 46.2 Å². The molecule has 0 aliphatic rings. The highest BCUT2D eigenvalue weighted by molar-refractivity contribution is 4.90. The molecule has 3 N–H and O–H groups in total. The van der Waals surface area contributed by atoms with Crippen LogP contribution in [0.25, 0.3) is 0 Å². The van der Waals surface area contributed by atoms with Gasteiger partial charge in [-0.3, -0.25) is 0 Å². The van der Waals surface area contributed by atoms with Crippen molar-refractivity contribution in [3.8, 4) is 0 Å². The van der Waals surface area contributed by atoms with Crippen LogP contribution in [0.1, 0.15) is 20.3 Å². The summed E-state index contributed by atoms with van der Waals surface area (Å²) in [5.74, 6) is 0.282. The van der Waals surface area contributed by atoms with E-state index in [0.29, 0.717) is 0 Å². The van der Waals surface area contributed by atoms with E-state index in [1.807, 2.05) is 13.0 Å². The lowest BCUT2D eigenvalue weighted by molar-refractivity contribution is 0.246. The van der Waals surface area contributed by atoms with Gasteiger partial charge in [0.1, 0.15) is 0 Å². The summed E-state index contributed by atoms with van der Waals surface area (Å²) in [6.07, 6.45) is 5.14. The predicted octanol–water partition coefficient (Wildman–Crippen LogP) is 0.908. The highest BCUT2D eigenvalue weighted by Gasteiger charge is 2.06. The molecule has 2 atom stereocenters. The summed E-state index contributed by atoms with van der Waals surface area (Å²) in [7, 11) is 0. The van der Waals surface area contributed by atoms with Crippen molar-refractivity contribution in [1.82, 2.24) is 0 Å². The summed E-state index contributed by atoms with van der Waals surface area (Å²) in [5, 5.41) is 8.65. The lowest BCUT2D eigenvalue weighted by atomic mass is 10.0. The van der Waals surface area contributed by atoms with Crippen LogP contribution in [0, 0.1) is 5.92 Å². The van der Waals surface area contributed by atoms with Crippen molar-refractivity contribution in [2.24, 2.45) is 11.7 Å². The van der Waals surface area contributed by atoms with Gasteiger partial charge in [-0.25, -0.2) is 0 Å². The van der Waals surface area contributed by atoms with E-state index in [9.17, 15) is 0 Å². The van der Waals surface area contributed by atoms with Crippen LogP contribution in [0.3, 0.4) is 0 Å². The summed E-state index contributed by atoms with van der Waals surface area (Å²) < 4.78 is 0. The lowest BCUT2D eigenvalue weighted by Crippen LogP contribution is -2.30. The predicted molar refractivity (Wildman–Crippen MR) is 43.7 cm³/mol. The van der Waals surface area contributed by atoms with Crippen molar-refractivity contribution < 1.29 is 5.11 Å². The van der Waals surface area contributed by atoms with Gasteiger partial charge in [-0.1, -0.05) is 26.0 Å². The molecule has 0 saturated carbocycles. The number of aliphatic hydroxyl groups is 1. The van der Waals surface area contributed by atoms with Crippen molar-refractivity contribution in [3.63, 3.8) is 0 Å². The van der Waals surface area contributed by atoms with Gasteiger partial charge in [0.15, 0.2) is 0 Å². The molecule has 0 unspecified atom stereocenters. The van der Waals surface area contributed by atoms with E-state index in [-0.39, 0.29) is 18.6 Å². The molecule has 0 saturated heterocycles. The minimum atomic E-state index is -0.109. The fourth-order valence-electron chi connectivity index (χ4n) is 0.660. The third kappa shape index (κ3) is 3.64. The summed E-state index contributed by atoms with van der Waals surface area (Å²) in [5.41, 5.74) is 5.56. The first-order chi connectivity index (χ1) is 4.72. The minimum Gasteiger partial charge on any atom is -0.395 e. The Balaban J connectivity index is 3.60. The molecule has 2 nitrogen and oxygen atoms in total. The highest BCUT2D eigenvalue weighted by atomic mass is 16.3. The van der Waals surface area contributed by atoms with Crippen LogP contribution < -0.4 is 5.73 Å². The number of nitrogens with two attached hydrogens (primary N) is 1. The summed E-state index contributed by atoms with van der Waals surface area (Å²) in [6.45, 7) is 4.15. The third-order valence-electron chi connectivity index (χ3n) is 1.56. The van der Waals surface area contributed by atoms with Gasteiger partial charge < -0.3 is 10.8 Å². The maximum Gasteiger partial charge on any atom is 0.0588 e. The Morgan fingerprint density at radius 2 is 2.20 bits per heavy atom. The van der Waals surface area contributed by atoms with Gasteiger partial charge in [0.05, 0.1) is 6.61 Å². The first-order valence-corrected chi connectivity index (χ1v) is 3.75. The largest absolute Gasteiger partial charge is 0.395 e. The van der Waals surface area contributed by atoms with E-state index in [1.54, 1.807) is 0 Å². The zero-order valence-corrected chi connectivity index (χ0v) is 6.75. The number of hydrogen-bond acceptors (Lipinski definition) is 2. The van der Waals surface area contributed by atoms with E-state index in [2.05, 4.69) is 13.0 Å². The van der Waals surface area contributed by atoms with Crippen LogP contribution in [-0.2, 0) is 0 Å². The molecule has 0 aromatic carbocycles. The molecule has 0 aromatic heterocycles. The molecule has 0 aliphatic heterocycles. The Morgan fingerprint density at radius 1 is 1.60 bits per heavy atom. The number of rotatable bonds is 4. The van der Waals surface area contributed by atoms with Crippen LogP contribution in [0.4, 0.5) is 0 Å². The molecule has 10 heavy (non-hydrogen) atoms. The standard InChI is InChI=1S/C8H17NO/c1-3-4-5-7(2)8(9)6-10/h4-5,7-8,10H,3,6,9H2,1-2H3/b5-4+/t7-,8+/m1/s1. The number of hydrogen-bond donors (Lipinski definition) is 2. The molecular weight excluding hydrogens is 126 g/mol. The first kappa shape index (κ1) is 9.66. The summed E-state index contributed by atoms with van der Waals surface area (Å²) in [6, 6.07) is -0.109. The molecule has 2 heteroatoms. The summed E-state index contributed by atoms with van der Waals surface area (Å²) >= 11 is 0. The Bertz CT molecular complexity index is 101. The third-order valence-corrected chi connectivity index (χ3v) is 1.56. The van der Waals surface area contributed by atoms with Gasteiger partial charge in [-0.05, 0) is 12.3 Å². The second-order valence-electron chi connectivity index (χ2n) is 2.54. The van der Waals surface area contributed by atoms with Crippen molar-refractivity contribution in [2.45, 2.75) is 26.3 Å². The number of allylic oxidation sites excluding steroid dienone is 1. The molecule has 0 amide bonds. The molecule has 0 heterocycles. The zero-order chi connectivity index (χ0) is 7.98. The fourth-order valence-corrected chi connectivity index (χ4v) is 0.660. The van der Waals surface area contributed by atoms with Crippen molar-refractivity contribution in [3.05, 3.63) is 12.2 Å². The zero-order valence-electron chi connectivity index (χ0n) is 6.75. The molecule has 0 bridgehead atoms. The van der Waals surface area contributed by atoms with Gasteiger partial charge in [0.25, 0.3) is 0 Å². The van der Waals surface area contributed by atoms with Gasteiger partial charge in [-0.2, -0.15) is 0 Å². The molecule has 0 aromatic rings. The van der Waals surface area contributed by atoms with Gasteiger partial charge >= 0.3 is 0 Å². The van der Waals surface area contributed by atoms with Gasteiger partial charge in [0.2, 0.25) is 0 Å². The second-order valence-corrected chi connectivity index (χ2v) is 2.54. The minimum absolute atomic E-state index is 0.0647. The monoisotopic (exact) mass is 143 g/mol. The smallest absolute Gasteiger partial charge is 0.0588 e. The molecule has 0 radical (unpaired) electrons. The van der Waals surface area contributed by atoms with Gasteiger partial charge in [-0.15, -0.1) is 0 Å². The Morgan fingerprint density at radius 3 is 2.60 bits per heavy atom. The van der Waals surface area contributed by atoms with Crippen molar-refractivity contribution in [1.29, 1.82) is 0 Å². The fraction of sp³-hybridized carbons (Fsp3) is 0.750. The first-order valence-electron chi connectivity index (χ1n) is 3.75. The second kappa shape index (κ2) is 5.45. The van der Waals surface area contributed by atoms with E-state index in [1.165, 1.54) is 0 Å². The quantitative estimate of drug-likeness (QED) is 0.574. The molecule has 0 aliphatic carbocycles. The maximum atomic E-state index is 8.65. The normalized spacial score (nSPS) is 17.6. The van der Waals surface area contributed by atoms with Crippen LogP contribution in [-0.4, -0.2) is 17.8 Å². The van der Waals surface area contributed by atoms with Gasteiger partial charge in [0, 0.05) is 6.04 Å². The van der Waals surface area contributed by atoms with Crippen LogP contribution in [0.5, 0.6) is 0 Å². The number of aliphatic hydroxyl groups excluding tert-OH is 1. The van der Waals surface area contributed by atoms with Crippen molar-refractivity contribution >= 4 is 0 Å². The van der Waals surface area contributed by atoms with Crippen LogP contribution in [0.2, 0.25) is 0 Å². The highest BCUT2D eigenvalue weighted by Crippen LogP contribution is 2.01. The maximum absolute atomic E-state index is 8.65. The van der Waals surface area contributed by atoms with Crippen LogP contribution >= 0.6 is 0 Å². The van der Waals surface area contributed by atoms with Crippen molar-refractivity contribution in [2.75, 3.05) is 6.61 Å². The SMILES string of the molecule is CC/C=C/[C@@H](C)[C@@H](N)CO. The molecule has 0 fully saturated rings. The Labute approximate surface area is 62.7 Å².